The average molecular weight is 519 g/mol. The highest BCUT2D eigenvalue weighted by molar-refractivity contribution is 14.0. The fraction of sp³-hybridized carbons (Fsp3) is 0.682. The molecule has 0 unspecified atom stereocenters. The number of ether oxygens (including phenoxy) is 2. The Kier molecular flexibility index (Phi) is 13.1. The maximum Gasteiger partial charge on any atom is 0.191 e. The van der Waals surface area contributed by atoms with Crippen LogP contribution in [0.3, 0.4) is 0 Å². The van der Waals surface area contributed by atoms with Crippen LogP contribution in [0.4, 0.5) is 0 Å². The predicted octanol–water partition coefficient (Wildman–Crippen LogP) is 4.10. The summed E-state index contributed by atoms with van der Waals surface area (Å²) < 4.78 is 10.9. The first-order valence-electron chi connectivity index (χ1n) is 10.7. The normalized spacial score (nSPS) is 19.2. The highest BCUT2D eigenvalue weighted by atomic mass is 127. The number of hydrogen-bond acceptors (Lipinski definition) is 4. The summed E-state index contributed by atoms with van der Waals surface area (Å²) >= 11 is 0. The van der Waals surface area contributed by atoms with Crippen molar-refractivity contribution in [1.82, 2.24) is 10.6 Å². The van der Waals surface area contributed by atoms with Gasteiger partial charge in [-0.05, 0) is 56.2 Å². The number of benzene rings is 1. The molecule has 0 aromatic heterocycles. The number of rotatable bonds is 10. The lowest BCUT2D eigenvalue weighted by Gasteiger charge is -2.30. The molecule has 1 aromatic carbocycles. The first-order chi connectivity index (χ1) is 13.7. The Morgan fingerprint density at radius 2 is 1.93 bits per heavy atom. The summed E-state index contributed by atoms with van der Waals surface area (Å²) in [6.45, 7) is 6.01. The summed E-state index contributed by atoms with van der Waals surface area (Å²) in [7, 11) is 1.62. The number of halogens is 1. The molecule has 0 heterocycles. The number of nitrogens with one attached hydrogen (secondary N) is 2. The smallest absolute Gasteiger partial charge is 0.191 e. The second-order valence-corrected chi connectivity index (χ2v) is 7.40. The summed E-state index contributed by atoms with van der Waals surface area (Å²) in [6.07, 6.45) is 7.73. The second kappa shape index (κ2) is 14.7. The Morgan fingerprint density at radius 1 is 1.17 bits per heavy atom. The standard InChI is InChI=1S/C22H37N3O3.HI/c1-4-6-17-7-10-19(11-8-17)25-22(23-5-2)24-16-18-9-12-20(28-14-13-26)21(15-18)27-3;/h9,12,15,17,19,26H,4-8,10-11,13-14,16H2,1-3H3,(H2,23,24,25);1H. The monoisotopic (exact) mass is 519 g/mol. The maximum atomic E-state index is 8.92. The van der Waals surface area contributed by atoms with Gasteiger partial charge in [-0.1, -0.05) is 25.8 Å². The molecule has 1 aliphatic carbocycles. The van der Waals surface area contributed by atoms with Crippen molar-refractivity contribution in [3.05, 3.63) is 23.8 Å². The van der Waals surface area contributed by atoms with Crippen molar-refractivity contribution in [3.8, 4) is 11.5 Å². The summed E-state index contributed by atoms with van der Waals surface area (Å²) in [5.74, 6) is 3.08. The van der Waals surface area contributed by atoms with Gasteiger partial charge in [-0.2, -0.15) is 0 Å². The lowest BCUT2D eigenvalue weighted by atomic mass is 9.83. The van der Waals surface area contributed by atoms with Gasteiger partial charge in [0, 0.05) is 12.6 Å². The van der Waals surface area contributed by atoms with E-state index in [2.05, 4.69) is 24.5 Å². The molecule has 166 valence electrons. The Morgan fingerprint density at radius 3 is 2.55 bits per heavy atom. The molecular weight excluding hydrogens is 481 g/mol. The summed E-state index contributed by atoms with van der Waals surface area (Å²) in [5.41, 5.74) is 1.05. The van der Waals surface area contributed by atoms with Crippen LogP contribution in [0.2, 0.25) is 0 Å². The molecule has 0 saturated heterocycles. The van der Waals surface area contributed by atoms with Crippen LogP contribution in [0.15, 0.2) is 23.2 Å². The fourth-order valence-electron chi connectivity index (χ4n) is 3.77. The molecule has 3 N–H and O–H groups in total. The zero-order valence-electron chi connectivity index (χ0n) is 18.1. The lowest BCUT2D eigenvalue weighted by molar-refractivity contribution is 0.196. The maximum absolute atomic E-state index is 8.92. The molecule has 1 aromatic rings. The van der Waals surface area contributed by atoms with Crippen LogP contribution in [-0.4, -0.2) is 44.0 Å². The lowest BCUT2D eigenvalue weighted by Crippen LogP contribution is -2.44. The van der Waals surface area contributed by atoms with Crippen LogP contribution in [0.1, 0.15) is 57.9 Å². The molecule has 29 heavy (non-hydrogen) atoms. The van der Waals surface area contributed by atoms with Gasteiger partial charge in [0.1, 0.15) is 6.61 Å². The highest BCUT2D eigenvalue weighted by Gasteiger charge is 2.21. The second-order valence-electron chi connectivity index (χ2n) is 7.40. The number of hydrogen-bond donors (Lipinski definition) is 3. The zero-order chi connectivity index (χ0) is 20.2. The molecule has 1 fully saturated rings. The van der Waals surface area contributed by atoms with E-state index in [1.54, 1.807) is 7.11 Å². The first-order valence-corrected chi connectivity index (χ1v) is 10.7. The van der Waals surface area contributed by atoms with Crippen LogP contribution >= 0.6 is 24.0 Å². The number of aliphatic hydroxyl groups is 1. The molecule has 1 saturated carbocycles. The van der Waals surface area contributed by atoms with Crippen LogP contribution in [0.5, 0.6) is 11.5 Å². The Bertz CT molecular complexity index is 605. The average Bonchev–Trinajstić information content (AvgIpc) is 2.72. The van der Waals surface area contributed by atoms with Crippen molar-refractivity contribution in [3.63, 3.8) is 0 Å². The molecule has 0 spiro atoms. The molecule has 1 aliphatic rings. The van der Waals surface area contributed by atoms with E-state index in [1.165, 1.54) is 38.5 Å². The number of aliphatic hydroxyl groups excluding tert-OH is 1. The zero-order valence-corrected chi connectivity index (χ0v) is 20.4. The fourth-order valence-corrected chi connectivity index (χ4v) is 3.77. The van der Waals surface area contributed by atoms with Crippen molar-refractivity contribution in [2.24, 2.45) is 10.9 Å². The van der Waals surface area contributed by atoms with Crippen molar-refractivity contribution >= 4 is 29.9 Å². The number of guanidine groups is 1. The van der Waals surface area contributed by atoms with Crippen LogP contribution in [-0.2, 0) is 6.54 Å². The van der Waals surface area contributed by atoms with Gasteiger partial charge in [0.25, 0.3) is 0 Å². The van der Waals surface area contributed by atoms with Gasteiger partial charge in [0.2, 0.25) is 0 Å². The minimum Gasteiger partial charge on any atom is -0.493 e. The van der Waals surface area contributed by atoms with Gasteiger partial charge in [-0.15, -0.1) is 24.0 Å². The SMILES string of the molecule is CCCC1CCC(NC(=NCc2ccc(OCCO)c(OC)c2)NCC)CC1.I. The third-order valence-corrected chi connectivity index (χ3v) is 5.23. The third-order valence-electron chi connectivity index (χ3n) is 5.23. The summed E-state index contributed by atoms with van der Waals surface area (Å²) in [6, 6.07) is 6.30. The topological polar surface area (TPSA) is 75.1 Å². The highest BCUT2D eigenvalue weighted by Crippen LogP contribution is 2.29. The Hall–Kier alpha value is -1.22. The van der Waals surface area contributed by atoms with E-state index in [0.29, 0.717) is 24.1 Å². The van der Waals surface area contributed by atoms with Gasteiger partial charge >= 0.3 is 0 Å². The van der Waals surface area contributed by atoms with Gasteiger partial charge < -0.3 is 25.2 Å². The molecule has 0 atom stereocenters. The van der Waals surface area contributed by atoms with Crippen molar-refractivity contribution in [2.75, 3.05) is 26.9 Å². The van der Waals surface area contributed by atoms with Crippen molar-refractivity contribution in [2.45, 2.75) is 65.0 Å². The van der Waals surface area contributed by atoms with Gasteiger partial charge in [0.15, 0.2) is 17.5 Å². The molecule has 7 heteroatoms. The van der Waals surface area contributed by atoms with E-state index in [4.69, 9.17) is 19.6 Å². The molecular formula is C22H38IN3O3. The largest absolute Gasteiger partial charge is 0.493 e. The van der Waals surface area contributed by atoms with Gasteiger partial charge in [-0.25, -0.2) is 4.99 Å². The van der Waals surface area contributed by atoms with E-state index in [0.717, 1.165) is 24.0 Å². The summed E-state index contributed by atoms with van der Waals surface area (Å²) in [5, 5.41) is 15.9. The quantitative estimate of drug-likeness (QED) is 0.247. The molecule has 0 bridgehead atoms. The van der Waals surface area contributed by atoms with E-state index in [9.17, 15) is 0 Å². The molecule has 0 radical (unpaired) electrons. The van der Waals surface area contributed by atoms with Crippen molar-refractivity contribution < 1.29 is 14.6 Å². The van der Waals surface area contributed by atoms with E-state index < -0.39 is 0 Å². The first kappa shape index (κ1) is 25.8. The number of aliphatic imine (C=N–C) groups is 1. The molecule has 0 amide bonds. The van der Waals surface area contributed by atoms with Gasteiger partial charge in [0.05, 0.1) is 20.3 Å². The number of nitrogens with zero attached hydrogens (tertiary/aromatic N) is 1. The Balaban J connectivity index is 0.00000420. The van der Waals surface area contributed by atoms with E-state index in [1.807, 2.05) is 18.2 Å². The van der Waals surface area contributed by atoms with Crippen LogP contribution < -0.4 is 20.1 Å². The van der Waals surface area contributed by atoms with Crippen LogP contribution in [0, 0.1) is 5.92 Å². The van der Waals surface area contributed by atoms with Crippen molar-refractivity contribution in [1.29, 1.82) is 0 Å². The number of methoxy groups -OCH3 is 1. The molecule has 6 nitrogen and oxygen atoms in total. The third kappa shape index (κ3) is 8.99. The van der Waals surface area contributed by atoms with E-state index >= 15 is 0 Å². The summed E-state index contributed by atoms with van der Waals surface area (Å²) in [4.78, 5) is 4.76. The molecule has 0 aliphatic heterocycles. The van der Waals surface area contributed by atoms with E-state index in [-0.39, 0.29) is 37.2 Å². The molecule has 2 rings (SSSR count). The van der Waals surface area contributed by atoms with Crippen LogP contribution in [0.25, 0.3) is 0 Å². The predicted molar refractivity (Wildman–Crippen MR) is 130 cm³/mol. The minimum absolute atomic E-state index is 0. The van der Waals surface area contributed by atoms with Gasteiger partial charge in [-0.3, -0.25) is 0 Å². The minimum atomic E-state index is -0.0206. The Labute approximate surface area is 192 Å².